The number of halogens is 10. The van der Waals surface area contributed by atoms with Crippen molar-refractivity contribution in [1.29, 1.82) is 0 Å². The van der Waals surface area contributed by atoms with E-state index in [2.05, 4.69) is 180 Å². The lowest BCUT2D eigenvalue weighted by atomic mass is 9.81. The van der Waals surface area contributed by atoms with Gasteiger partial charge in [0.15, 0.2) is 0 Å². The second kappa shape index (κ2) is 68.3. The van der Waals surface area contributed by atoms with Crippen molar-refractivity contribution in [3.05, 3.63) is 109 Å². The highest BCUT2D eigenvalue weighted by molar-refractivity contribution is 9.12. The number of nitrogen functional groups attached to an aromatic ring is 1. The molecule has 790 valence electrons. The standard InChI is InChI=1S/C15H21BrN2O5S.C14H20BrN3O4S.C14H18BrN3O3S.C14H19BrN2O5S.C9H17NO4.C6H6BrNO2S.C5H5BFNO2.2C2H6O.CH3F.Cl3OP/c1-6-8(18-14(21)23-15(2,3)4)12(19)17-9-7-10(16)24-11(9)13(20)22-5;1-5-7(18-13(21)22-14(2,3)4)12(20)17-8-6-9(15)23-10(8)11(16)19;1-5-7(17-13(20)21-14(2,3)4)11-16-8-6-9(15)22-10(8)12(19)18-11;1-5-7(17-13(21)22-14(2,3)4)11(18)16-8-6-9(15)23-10(8)12(19)20;1-5-6(7(11)12)10-8(13)14-9(2,3)4;1-10-6(9)5-3(8)2-4(7)11-5;7-5-3-4(6(9)10)1-2-8-5;2*1-2-3;1-2;1-5(2,3)4/h7-8H,6H2,1-5H3,(H,17,19)(H,18,21);6-7H,5H2,1-4H3,(H2,16,19)(H,17,20)(H,18,21);6-7H,5H2,1-4H3,(H,17,20)(H,16,18,19);6-7H,5H2,1-4H3,(H,16,18)(H,17,21)(H,19,20);6H,5H2,1-4H3,(H,10,13)(H,11,12);2H,8H2,1H3;1-3,9-10H;2*3H,2H2,1H3;1H3;/t8-;3*7-;6-;;;;;;/m00000....../s1/i;;;;;;;;;1D;. The van der Waals surface area contributed by atoms with Crippen LogP contribution in [0.25, 0.3) is 10.2 Å². The van der Waals surface area contributed by atoms with Crippen LogP contribution >= 0.6 is 175 Å². The number of pyridine rings is 1. The number of aromatic carboxylic acids is 1. The van der Waals surface area contributed by atoms with Gasteiger partial charge in [0, 0.05) is 19.4 Å². The number of aromatic nitrogens is 3. The first-order chi connectivity index (χ1) is 64.7. The van der Waals surface area contributed by atoms with Crippen molar-refractivity contribution in [3.8, 4) is 0 Å². The molecule has 0 spiro atoms. The third kappa shape index (κ3) is 63.2. The number of methoxy groups -OCH3 is 2. The molecule has 7 aromatic rings. The molecule has 0 aliphatic rings. The Kier molecular flexibility index (Phi) is 66.4. The average molecular weight is 2480 g/mol. The second-order valence-electron chi connectivity index (χ2n) is 31.7. The molecule has 5 atom stereocenters. The molecule has 140 heavy (non-hydrogen) atoms. The number of anilines is 4. The van der Waals surface area contributed by atoms with Crippen LogP contribution in [0.5, 0.6) is 0 Å². The number of aliphatic hydroxyl groups is 2. The van der Waals surface area contributed by atoms with Crippen LogP contribution in [0, 0.1) is 5.95 Å². The third-order valence-corrected chi connectivity index (χ3v) is 22.4. The van der Waals surface area contributed by atoms with Crippen molar-refractivity contribution in [2.24, 2.45) is 5.73 Å². The summed E-state index contributed by atoms with van der Waals surface area (Å²) in [7, 11) is -0.0342. The van der Waals surface area contributed by atoms with Crippen LogP contribution in [0.15, 0.2) is 72.4 Å². The van der Waals surface area contributed by atoms with Gasteiger partial charge in [0.2, 0.25) is 23.7 Å². The number of H-pyrrole nitrogens is 1. The van der Waals surface area contributed by atoms with Gasteiger partial charge in [-0.15, -0.1) is 56.7 Å². The molecule has 41 nitrogen and oxygen atoms in total. The van der Waals surface area contributed by atoms with Gasteiger partial charge in [-0.3, -0.25) is 32.9 Å². The van der Waals surface area contributed by atoms with E-state index in [1.165, 1.54) is 55.2 Å². The highest BCUT2D eigenvalue weighted by Crippen LogP contribution is 2.61. The van der Waals surface area contributed by atoms with Crippen molar-refractivity contribution in [2.75, 3.05) is 56.3 Å². The summed E-state index contributed by atoms with van der Waals surface area (Å²) in [6.07, 6.45) is -0.155. The van der Waals surface area contributed by atoms with Crippen LogP contribution in [0.4, 0.5) is 55.5 Å². The van der Waals surface area contributed by atoms with Gasteiger partial charge in [0.05, 0.1) is 76.0 Å². The van der Waals surface area contributed by atoms with Crippen molar-refractivity contribution in [3.63, 3.8) is 0 Å². The van der Waals surface area contributed by atoms with Gasteiger partial charge < -0.3 is 123 Å². The monoisotopic (exact) mass is 2480 g/mol. The summed E-state index contributed by atoms with van der Waals surface area (Å²) < 4.78 is 76.1. The Labute approximate surface area is 887 Å². The average Bonchev–Trinajstić information content (AvgIpc) is 1.67. The summed E-state index contributed by atoms with van der Waals surface area (Å²) in [5.74, 6) is -5.46. The number of nitrogens with two attached hydrogens (primary N) is 2. The van der Waals surface area contributed by atoms with Crippen LogP contribution in [0.2, 0.25) is 0 Å². The highest BCUT2D eigenvalue weighted by atomic mass is 79.9. The van der Waals surface area contributed by atoms with Crippen LogP contribution in [-0.4, -0.2) is 217 Å². The number of rotatable bonds is 23. The predicted octanol–water partition coefficient (Wildman–Crippen LogP) is 19.1. The first kappa shape index (κ1) is 136. The minimum Gasteiger partial charge on any atom is -0.480 e. The molecule has 58 heteroatoms. The molecule has 7 heterocycles. The molecule has 7 rings (SSSR count). The Balaban J connectivity index is -0.000000770. The molecule has 9 amide bonds. The largest absolute Gasteiger partial charge is 0.488 e. The zero-order chi connectivity index (χ0) is 111. The molecule has 0 saturated carbocycles. The third-order valence-electron chi connectivity index (χ3n) is 14.3. The molecule has 0 aliphatic heterocycles. The number of amides is 9. The van der Waals surface area contributed by atoms with Gasteiger partial charge in [-0.2, -0.15) is 4.39 Å². The lowest BCUT2D eigenvalue weighted by Crippen LogP contribution is -2.45. The maximum atomic E-state index is 12.4. The molecule has 0 aliphatic carbocycles. The fourth-order valence-electron chi connectivity index (χ4n) is 8.92. The van der Waals surface area contributed by atoms with Gasteiger partial charge in [0.1, 0.15) is 82.2 Å². The van der Waals surface area contributed by atoms with Crippen LogP contribution in [0.3, 0.4) is 0 Å². The first-order valence-electron chi connectivity index (χ1n) is 41.6. The van der Waals surface area contributed by atoms with E-state index in [1.807, 2.05) is 6.92 Å². The first-order valence-corrected chi connectivity index (χ1v) is 53.3. The van der Waals surface area contributed by atoms with E-state index in [1.54, 1.807) is 170 Å². The number of primary amides is 1. The van der Waals surface area contributed by atoms with E-state index in [-0.39, 0.29) is 44.6 Å². The quantitative estimate of drug-likeness (QED) is 0.00930. The molecule has 0 radical (unpaired) electrons. The van der Waals surface area contributed by atoms with Crippen LogP contribution < -0.4 is 65.0 Å². The fraction of sp³-hybridized carbons (Fsp3) is 0.512. The maximum absolute atomic E-state index is 12.4. The Morgan fingerprint density at radius 3 is 1.10 bits per heavy atom. The van der Waals surface area contributed by atoms with Crippen molar-refractivity contribution >= 4 is 299 Å². The lowest BCUT2D eigenvalue weighted by molar-refractivity contribution is -0.139. The number of aromatic amines is 1. The van der Waals surface area contributed by atoms with Gasteiger partial charge in [-0.1, -0.05) is 34.6 Å². The number of carbonyl (C=O) groups is 13. The number of aliphatic carboxylic acids is 1. The number of esters is 2. The Morgan fingerprint density at radius 1 is 0.514 bits per heavy atom. The summed E-state index contributed by atoms with van der Waals surface area (Å²) >= 11 is 35.9. The van der Waals surface area contributed by atoms with Crippen LogP contribution in [0.1, 0.15) is 236 Å². The summed E-state index contributed by atoms with van der Waals surface area (Å²) in [6, 6.07) is 6.76. The summed E-state index contributed by atoms with van der Waals surface area (Å²) in [5.41, 5.74) is 9.37. The van der Waals surface area contributed by atoms with Crippen LogP contribution in [-0.2, 0) is 56.9 Å². The number of carboxylic acid groups (broad SMARTS) is 2. The molecule has 0 aromatic carbocycles. The molecular formula is C82H121BBr5Cl3F2N13O28PS5. The van der Waals surface area contributed by atoms with Gasteiger partial charge in [-0.25, -0.2) is 53.1 Å². The van der Waals surface area contributed by atoms with E-state index in [0.29, 0.717) is 81.4 Å². The van der Waals surface area contributed by atoms with Gasteiger partial charge in [-0.05, 0) is 311 Å². The number of carbonyl (C=O) groups excluding carboxylic acids is 11. The maximum Gasteiger partial charge on any atom is 0.488 e. The van der Waals surface area contributed by atoms with Gasteiger partial charge >= 0.3 is 66.7 Å². The Hall–Kier alpha value is -8.04. The number of ether oxygens (including phenoxy) is 7. The predicted molar refractivity (Wildman–Crippen MR) is 560 cm³/mol. The van der Waals surface area contributed by atoms with Crippen molar-refractivity contribution in [2.45, 2.75) is 243 Å². The molecular weight excluding hydrogens is 2360 g/mol. The van der Waals surface area contributed by atoms with E-state index < -0.39 is 162 Å². The highest BCUT2D eigenvalue weighted by Gasteiger charge is 2.31. The zero-order valence-corrected chi connectivity index (χ0v) is 95.9. The summed E-state index contributed by atoms with van der Waals surface area (Å²) in [4.78, 5) is 174. The molecule has 19 N–H and O–H groups in total. The lowest BCUT2D eigenvalue weighted by Gasteiger charge is -2.22. The topological polar surface area (TPSA) is 632 Å². The number of carboxylic acids is 2. The Bertz CT molecular complexity index is 5150. The molecule has 0 saturated heterocycles. The zero-order valence-electron chi connectivity index (χ0n) is 81.7. The Morgan fingerprint density at radius 2 is 0.814 bits per heavy atom. The smallest absolute Gasteiger partial charge is 0.480 e. The fourth-order valence-corrected chi connectivity index (χ4v) is 16.1. The SMILES string of the molecule is CCO.CCO.CC[C@H](NC(=O)OC(C)(C)C)C(=O)Nc1cc(Br)sc1C(=O)O.CC[C@H](NC(=O)OC(C)(C)C)C(=O)Nc1cc(Br)sc1C(=O)OC.CC[C@H](NC(=O)OC(C)(C)C)C(=O)Nc1cc(Br)sc1C(N)=O.CC[C@H](NC(=O)OC(C)(C)C)C(=O)O.CC[C@H](NC(=O)OC(C)(C)C)c1nc2cc(Br)sc2c(=O)[nH]1.COC(=O)c1sc(Br)cc1N.O=P(Cl)(Cl)Cl.OB(O)c1ccnc(F)c1.[2H]CF. The normalized spacial score (nSPS) is 11.8. The number of aliphatic hydroxyl groups excluding tert-OH is 2. The molecule has 0 fully saturated rings. The summed E-state index contributed by atoms with van der Waals surface area (Å²) in [6.45, 7) is 38.8. The molecule has 0 unspecified atom stereocenters. The van der Waals surface area contributed by atoms with E-state index in [4.69, 9.17) is 67.0 Å². The number of nitrogens with one attached hydrogen (secondary N) is 9. The number of alkyl halides is 1. The number of nitrogens with zero attached hydrogens (tertiary/aromatic N) is 2. The second-order valence-corrected chi connectivity index (χ2v) is 50.5. The molecule has 0 bridgehead atoms. The van der Waals surface area contributed by atoms with E-state index in [0.717, 1.165) is 47.6 Å². The number of thiophene rings is 5. The van der Waals surface area contributed by atoms with Crippen molar-refractivity contribution in [1.82, 2.24) is 41.5 Å². The number of hydrogen-bond acceptors (Lipinski definition) is 34. The van der Waals surface area contributed by atoms with Gasteiger partial charge in [0.25, 0.3) is 11.5 Å². The number of hydrogen-bond donors (Lipinski definition) is 17. The summed E-state index contributed by atoms with van der Waals surface area (Å²) in [5, 5.41) is 66.9. The van der Waals surface area contributed by atoms with Crippen molar-refractivity contribution < 1.29 is 141 Å². The van der Waals surface area contributed by atoms with E-state index >= 15 is 0 Å². The number of fused-ring (bicyclic) bond motifs is 1. The minimum absolute atomic E-state index is 0.0114. The number of alkyl carbamates (subject to hydrolysis) is 5. The van der Waals surface area contributed by atoms with E-state index in [9.17, 15) is 80.5 Å². The minimum atomic E-state index is -3.22. The molecule has 7 aromatic heterocycles.